The molecule has 0 aliphatic carbocycles. The minimum atomic E-state index is -2.87. The predicted octanol–water partition coefficient (Wildman–Crippen LogP) is 3.78. The van der Waals surface area contributed by atoms with Gasteiger partial charge in [-0.05, 0) is 22.2 Å². The Bertz CT molecular complexity index is 902. The number of nitrogens with one attached hydrogen (secondary N) is 1. The Morgan fingerprint density at radius 3 is 2.10 bits per heavy atom. The van der Waals surface area contributed by atoms with Gasteiger partial charge in [-0.25, -0.2) is 4.79 Å². The second kappa shape index (κ2) is 9.07. The second-order valence-electron chi connectivity index (χ2n) is 9.83. The first-order valence-corrected chi connectivity index (χ1v) is 15.2. The number of nitrogens with zero attached hydrogens (tertiary/aromatic N) is 1. The number of aromatic amines is 1. The van der Waals surface area contributed by atoms with E-state index in [9.17, 15) is 9.59 Å². The van der Waals surface area contributed by atoms with Crippen LogP contribution in [0, 0.1) is 0 Å². The summed E-state index contributed by atoms with van der Waals surface area (Å²) in [5.74, 6) is 0. The van der Waals surface area contributed by atoms with E-state index in [1.54, 1.807) is 0 Å². The van der Waals surface area contributed by atoms with Crippen LogP contribution in [-0.2, 0) is 17.7 Å². The van der Waals surface area contributed by atoms with E-state index in [4.69, 9.17) is 19.1 Å². The smallest absolute Gasteiger partial charge is 0.335 e. The molecule has 0 unspecified atom stereocenters. The third kappa shape index (κ3) is 4.42. The first-order valence-electron chi connectivity index (χ1n) is 11.8. The van der Waals surface area contributed by atoms with Gasteiger partial charge in [0.25, 0.3) is 5.56 Å². The van der Waals surface area contributed by atoms with Crippen LogP contribution in [0.1, 0.15) is 69.4 Å². The largest absolute Gasteiger partial charge is 0.414 e. The fourth-order valence-corrected chi connectivity index (χ4v) is 15.9. The SMILES string of the molecule is [2H][C@@H]1[C@@H]2O[Si](C(C)C)(C(C)C)O[Si](C(C)C)(C(C)C)OC[C@H]2O[C@H]1n1ccc(=O)[nH]c1=O. The van der Waals surface area contributed by atoms with Crippen molar-refractivity contribution >= 4 is 17.1 Å². The van der Waals surface area contributed by atoms with Crippen molar-refractivity contribution in [2.45, 2.75) is 102 Å². The minimum Gasteiger partial charge on any atom is -0.414 e. The van der Waals surface area contributed by atoms with E-state index in [2.05, 4.69) is 60.4 Å². The van der Waals surface area contributed by atoms with Gasteiger partial charge in [-0.2, -0.15) is 0 Å². The Labute approximate surface area is 188 Å². The third-order valence-corrected chi connectivity index (χ3v) is 16.7. The van der Waals surface area contributed by atoms with Crippen molar-refractivity contribution in [1.29, 1.82) is 0 Å². The molecule has 31 heavy (non-hydrogen) atoms. The predicted molar refractivity (Wildman–Crippen MR) is 124 cm³/mol. The number of rotatable bonds is 5. The number of fused-ring (bicyclic) bond motifs is 1. The maximum Gasteiger partial charge on any atom is 0.335 e. The molecule has 3 heterocycles. The summed E-state index contributed by atoms with van der Waals surface area (Å²) in [5, 5.41) is 0. The van der Waals surface area contributed by atoms with Gasteiger partial charge in [0.05, 0.1) is 12.7 Å². The molecule has 4 atom stereocenters. The van der Waals surface area contributed by atoms with Crippen LogP contribution in [0.4, 0.5) is 0 Å². The van der Waals surface area contributed by atoms with Crippen molar-refractivity contribution in [2.24, 2.45) is 0 Å². The summed E-state index contributed by atoms with van der Waals surface area (Å²) in [4.78, 5) is 26.2. The standard InChI is InChI=1S/C21H38N2O6Si2/c1-13(2)30(14(3)4)26-12-18-17(28-31(29-30,15(5)6)16(7)8)11-20(27-18)23-10-9-19(24)22-21(23)25/h9-10,13-18,20H,11-12H2,1-8H3,(H,22,24,25)/t17-,18+,20+/m0/s1/i11D/t11-,17+,18-,20-/m1. The number of ether oxygens (including phenoxy) is 1. The molecule has 0 radical (unpaired) electrons. The molecule has 1 N–H and O–H groups in total. The van der Waals surface area contributed by atoms with E-state index in [-0.39, 0.29) is 28.8 Å². The summed E-state index contributed by atoms with van der Waals surface area (Å²) in [6, 6.07) is 1.26. The molecule has 176 valence electrons. The fraction of sp³-hybridized carbons (Fsp3) is 0.810. The molecule has 0 saturated carbocycles. The Kier molecular flexibility index (Phi) is 6.76. The summed E-state index contributed by atoms with van der Waals surface area (Å²) in [6.07, 6.45) is -1.47. The average Bonchev–Trinajstić information content (AvgIpc) is 2.96. The van der Waals surface area contributed by atoms with Crippen molar-refractivity contribution in [3.8, 4) is 0 Å². The third-order valence-electron chi connectivity index (χ3n) is 6.49. The van der Waals surface area contributed by atoms with E-state index in [0.717, 1.165) is 0 Å². The van der Waals surface area contributed by atoms with E-state index in [1.165, 1.54) is 16.8 Å². The van der Waals surface area contributed by atoms with Crippen molar-refractivity contribution in [3.05, 3.63) is 33.1 Å². The summed E-state index contributed by atoms with van der Waals surface area (Å²) in [6.45, 7) is 17.4. The van der Waals surface area contributed by atoms with Crippen molar-refractivity contribution in [1.82, 2.24) is 9.55 Å². The summed E-state index contributed by atoms with van der Waals surface area (Å²) in [5.41, 5.74) is -0.404. The first kappa shape index (κ1) is 23.1. The molecule has 0 spiro atoms. The van der Waals surface area contributed by atoms with Crippen LogP contribution < -0.4 is 11.2 Å². The summed E-state index contributed by atoms with van der Waals surface area (Å²) >= 11 is 0. The number of hydrogen-bond donors (Lipinski definition) is 1. The van der Waals surface area contributed by atoms with Gasteiger partial charge in [-0.3, -0.25) is 14.3 Å². The maximum atomic E-state index is 12.4. The molecule has 2 fully saturated rings. The lowest BCUT2D eigenvalue weighted by molar-refractivity contribution is -0.0566. The van der Waals surface area contributed by atoms with Gasteiger partial charge in [-0.15, -0.1) is 0 Å². The van der Waals surface area contributed by atoms with Crippen molar-refractivity contribution in [2.75, 3.05) is 6.61 Å². The molecule has 0 aromatic carbocycles. The lowest BCUT2D eigenvalue weighted by atomic mass is 10.2. The van der Waals surface area contributed by atoms with Crippen LogP contribution in [0.25, 0.3) is 0 Å². The highest BCUT2D eigenvalue weighted by molar-refractivity contribution is 6.83. The number of hydrogen-bond acceptors (Lipinski definition) is 6. The highest BCUT2D eigenvalue weighted by Gasteiger charge is 2.60. The molecule has 0 bridgehead atoms. The van der Waals surface area contributed by atoms with Crippen LogP contribution in [0.5, 0.6) is 0 Å². The van der Waals surface area contributed by atoms with Gasteiger partial charge in [0, 0.05) is 20.0 Å². The van der Waals surface area contributed by atoms with Crippen molar-refractivity contribution in [3.63, 3.8) is 0 Å². The summed E-state index contributed by atoms with van der Waals surface area (Å²) < 4.78 is 37.1. The van der Waals surface area contributed by atoms with E-state index in [0.29, 0.717) is 0 Å². The zero-order valence-electron chi connectivity index (χ0n) is 20.9. The van der Waals surface area contributed by atoms with Crippen LogP contribution in [0.3, 0.4) is 0 Å². The minimum absolute atomic E-state index is 0.135. The number of aromatic nitrogens is 2. The van der Waals surface area contributed by atoms with Crippen LogP contribution in [-0.4, -0.2) is 45.5 Å². The molecular formula is C21H38N2O6Si2. The lowest BCUT2D eigenvalue weighted by Crippen LogP contribution is -2.65. The van der Waals surface area contributed by atoms with Gasteiger partial charge in [-0.1, -0.05) is 55.4 Å². The second-order valence-corrected chi connectivity index (χ2v) is 18.7. The van der Waals surface area contributed by atoms with Gasteiger partial charge in [0.15, 0.2) is 0 Å². The zero-order chi connectivity index (χ0) is 24.0. The molecule has 10 heteroatoms. The molecule has 2 saturated heterocycles. The zero-order valence-corrected chi connectivity index (χ0v) is 21.9. The average molecular weight is 472 g/mol. The molecule has 2 aliphatic heterocycles. The molecule has 2 aliphatic rings. The van der Waals surface area contributed by atoms with E-state index >= 15 is 0 Å². The molecule has 8 nitrogen and oxygen atoms in total. The van der Waals surface area contributed by atoms with Crippen LogP contribution in [0.2, 0.25) is 22.2 Å². The molecule has 3 rings (SSSR count). The van der Waals surface area contributed by atoms with E-state index in [1.807, 2.05) is 0 Å². The van der Waals surface area contributed by atoms with Crippen molar-refractivity contribution < 1.29 is 19.1 Å². The Morgan fingerprint density at radius 2 is 1.58 bits per heavy atom. The number of H-pyrrole nitrogens is 1. The van der Waals surface area contributed by atoms with Gasteiger partial charge >= 0.3 is 22.8 Å². The molecule has 1 aromatic rings. The van der Waals surface area contributed by atoms with Crippen LogP contribution in [0.15, 0.2) is 21.9 Å². The fourth-order valence-electron chi connectivity index (χ4n) is 4.76. The Hall–Kier alpha value is -1.05. The molecule has 1 aromatic heterocycles. The quantitative estimate of drug-likeness (QED) is 0.657. The van der Waals surface area contributed by atoms with Gasteiger partial charge < -0.3 is 17.7 Å². The van der Waals surface area contributed by atoms with Gasteiger partial charge in [0.1, 0.15) is 12.3 Å². The highest BCUT2D eigenvalue weighted by atomic mass is 28.5. The Balaban J connectivity index is 2.08. The topological polar surface area (TPSA) is 91.8 Å². The summed E-state index contributed by atoms with van der Waals surface area (Å²) in [7, 11) is -5.57. The lowest BCUT2D eigenvalue weighted by Gasteiger charge is -2.51. The Morgan fingerprint density at radius 1 is 1.00 bits per heavy atom. The first-order chi connectivity index (χ1) is 14.9. The van der Waals surface area contributed by atoms with Crippen LogP contribution >= 0.6 is 0 Å². The highest BCUT2D eigenvalue weighted by Crippen LogP contribution is 2.48. The molecule has 0 amide bonds. The maximum absolute atomic E-state index is 12.4. The van der Waals surface area contributed by atoms with E-state index < -0.39 is 53.2 Å². The van der Waals surface area contributed by atoms with Gasteiger partial charge in [0.2, 0.25) is 0 Å². The monoisotopic (exact) mass is 471 g/mol. The normalized spacial score (nSPS) is 31.0. The molecular weight excluding hydrogens is 432 g/mol.